The van der Waals surface area contributed by atoms with Crippen LogP contribution in [0.2, 0.25) is 0 Å². The molecule has 134 valence electrons. The number of carbonyl (C=O) groups excluding carboxylic acids is 1. The molecule has 1 aromatic carbocycles. The largest absolute Gasteiger partial charge is 0.416 e. The van der Waals surface area contributed by atoms with Crippen LogP contribution in [0, 0.1) is 0 Å². The zero-order valence-corrected chi connectivity index (χ0v) is 13.7. The molecule has 2 amide bonds. The molecule has 1 atom stereocenters. The highest BCUT2D eigenvalue weighted by Gasteiger charge is 2.30. The first-order chi connectivity index (χ1) is 11.4. The van der Waals surface area contributed by atoms with Crippen LogP contribution in [0.4, 0.5) is 18.0 Å². The summed E-state index contributed by atoms with van der Waals surface area (Å²) in [4.78, 5) is 13.5. The minimum absolute atomic E-state index is 0.208. The summed E-state index contributed by atoms with van der Waals surface area (Å²) in [6.07, 6.45) is -0.0788. The van der Waals surface area contributed by atoms with Gasteiger partial charge in [-0.25, -0.2) is 4.79 Å². The third-order valence-electron chi connectivity index (χ3n) is 4.06. The van der Waals surface area contributed by atoms with Crippen LogP contribution in [0.1, 0.15) is 36.8 Å². The van der Waals surface area contributed by atoms with Gasteiger partial charge in [0.2, 0.25) is 0 Å². The average molecular weight is 344 g/mol. The maximum Gasteiger partial charge on any atom is 0.416 e. The Bertz CT molecular complexity index is 526. The highest BCUT2D eigenvalue weighted by Crippen LogP contribution is 2.29. The zero-order valence-electron chi connectivity index (χ0n) is 13.7. The Balaban J connectivity index is 1.74. The number of alkyl halides is 3. The van der Waals surface area contributed by atoms with Crippen molar-refractivity contribution in [2.45, 2.75) is 44.5 Å². The summed E-state index contributed by atoms with van der Waals surface area (Å²) >= 11 is 0. The molecule has 4 nitrogen and oxygen atoms in total. The lowest BCUT2D eigenvalue weighted by molar-refractivity contribution is -0.137. The molecule has 1 aliphatic heterocycles. The molecule has 0 aromatic heterocycles. The van der Waals surface area contributed by atoms with Crippen molar-refractivity contribution in [3.8, 4) is 0 Å². The zero-order chi connectivity index (χ0) is 17.6. The second-order valence-electron chi connectivity index (χ2n) is 6.06. The van der Waals surface area contributed by atoms with Gasteiger partial charge >= 0.3 is 12.2 Å². The van der Waals surface area contributed by atoms with Gasteiger partial charge in [-0.2, -0.15) is 13.2 Å². The molecule has 24 heavy (non-hydrogen) atoms. The third kappa shape index (κ3) is 5.70. The first-order valence-electron chi connectivity index (χ1n) is 8.13. The van der Waals surface area contributed by atoms with E-state index in [1.165, 1.54) is 17.0 Å². The summed E-state index contributed by atoms with van der Waals surface area (Å²) < 4.78 is 43.2. The molecular weight excluding hydrogens is 321 g/mol. The monoisotopic (exact) mass is 344 g/mol. The molecule has 1 fully saturated rings. The summed E-state index contributed by atoms with van der Waals surface area (Å²) in [5, 5.41) is 2.81. The van der Waals surface area contributed by atoms with Crippen molar-refractivity contribution >= 4 is 6.03 Å². The van der Waals surface area contributed by atoms with Crippen molar-refractivity contribution in [1.82, 2.24) is 10.2 Å². The summed E-state index contributed by atoms with van der Waals surface area (Å²) in [6.45, 7) is 1.57. The molecule has 0 saturated carbocycles. The summed E-state index contributed by atoms with van der Waals surface area (Å²) in [5.74, 6) is 0. The molecular formula is C17H23F3N2O2. The Hall–Kier alpha value is -1.76. The van der Waals surface area contributed by atoms with Gasteiger partial charge in [-0.05, 0) is 43.4 Å². The van der Waals surface area contributed by atoms with Crippen molar-refractivity contribution in [2.75, 3.05) is 20.2 Å². The fourth-order valence-electron chi connectivity index (χ4n) is 2.65. The molecule has 0 bridgehead atoms. The first kappa shape index (κ1) is 18.6. The van der Waals surface area contributed by atoms with E-state index >= 15 is 0 Å². The standard InChI is InChI=1S/C17H23F3N2O2/c1-22(12-13-5-7-14(8-6-13)17(18,19)20)16(23)21-10-9-15-4-2-3-11-24-15/h5-8,15H,2-4,9-12H2,1H3,(H,21,23)/t15-/m1/s1. The van der Waals surface area contributed by atoms with Crippen LogP contribution in [0.25, 0.3) is 0 Å². The molecule has 0 aliphatic carbocycles. The van der Waals surface area contributed by atoms with Gasteiger partial charge in [0.05, 0.1) is 11.7 Å². The lowest BCUT2D eigenvalue weighted by atomic mass is 10.1. The predicted octanol–water partition coefficient (Wildman–Crippen LogP) is 3.81. The first-order valence-corrected chi connectivity index (χ1v) is 8.13. The van der Waals surface area contributed by atoms with Crippen molar-refractivity contribution in [3.05, 3.63) is 35.4 Å². The molecule has 2 rings (SSSR count). The van der Waals surface area contributed by atoms with Crippen LogP contribution in [0.15, 0.2) is 24.3 Å². The number of nitrogens with zero attached hydrogens (tertiary/aromatic N) is 1. The number of ether oxygens (including phenoxy) is 1. The second-order valence-corrected chi connectivity index (χ2v) is 6.06. The van der Waals surface area contributed by atoms with Crippen LogP contribution >= 0.6 is 0 Å². The molecule has 1 aliphatic rings. The van der Waals surface area contributed by atoms with Gasteiger partial charge in [-0.3, -0.25) is 0 Å². The number of halogens is 3. The van der Waals surface area contributed by atoms with E-state index < -0.39 is 11.7 Å². The Morgan fingerprint density at radius 2 is 2.00 bits per heavy atom. The van der Waals surface area contributed by atoms with E-state index in [1.807, 2.05) is 0 Å². The number of hydrogen-bond donors (Lipinski definition) is 1. The SMILES string of the molecule is CN(Cc1ccc(C(F)(F)F)cc1)C(=O)NCC[C@H]1CCCCO1. The van der Waals surface area contributed by atoms with E-state index in [0.717, 1.165) is 44.4 Å². The minimum Gasteiger partial charge on any atom is -0.378 e. The van der Waals surface area contributed by atoms with E-state index in [9.17, 15) is 18.0 Å². The number of amides is 2. The highest BCUT2D eigenvalue weighted by atomic mass is 19.4. The van der Waals surface area contributed by atoms with Crippen LogP contribution in [0.3, 0.4) is 0 Å². The minimum atomic E-state index is -4.34. The molecule has 1 heterocycles. The highest BCUT2D eigenvalue weighted by molar-refractivity contribution is 5.73. The van der Waals surface area contributed by atoms with E-state index in [-0.39, 0.29) is 18.7 Å². The lowest BCUT2D eigenvalue weighted by Crippen LogP contribution is -2.38. The van der Waals surface area contributed by atoms with E-state index in [4.69, 9.17) is 4.74 Å². The van der Waals surface area contributed by atoms with Crippen LogP contribution < -0.4 is 5.32 Å². The predicted molar refractivity (Wildman–Crippen MR) is 84.5 cm³/mol. The summed E-state index contributed by atoms with van der Waals surface area (Å²) in [5.41, 5.74) is -0.0397. The topological polar surface area (TPSA) is 41.6 Å². The van der Waals surface area contributed by atoms with E-state index in [1.54, 1.807) is 7.05 Å². The molecule has 7 heteroatoms. The normalized spacial score (nSPS) is 18.2. The number of nitrogens with one attached hydrogen (secondary N) is 1. The number of rotatable bonds is 5. The molecule has 1 N–H and O–H groups in total. The van der Waals surface area contributed by atoms with Crippen molar-refractivity contribution in [2.24, 2.45) is 0 Å². The summed E-state index contributed by atoms with van der Waals surface area (Å²) in [6, 6.07) is 4.60. The Labute approximate surface area is 140 Å². The number of carbonyl (C=O) groups is 1. The number of hydrogen-bond acceptors (Lipinski definition) is 2. The molecule has 0 radical (unpaired) electrons. The number of urea groups is 1. The van der Waals surface area contributed by atoms with E-state index in [2.05, 4.69) is 5.32 Å². The van der Waals surface area contributed by atoms with Gasteiger partial charge < -0.3 is 15.0 Å². The molecule has 1 saturated heterocycles. The van der Waals surface area contributed by atoms with Gasteiger partial charge in [-0.15, -0.1) is 0 Å². The Kier molecular flexibility index (Phi) is 6.48. The van der Waals surface area contributed by atoms with E-state index in [0.29, 0.717) is 12.1 Å². The number of benzene rings is 1. The molecule has 0 spiro atoms. The van der Waals surface area contributed by atoms with Crippen LogP contribution in [-0.4, -0.2) is 37.2 Å². The van der Waals surface area contributed by atoms with Crippen molar-refractivity contribution < 1.29 is 22.7 Å². The maximum absolute atomic E-state index is 12.5. The summed E-state index contributed by atoms with van der Waals surface area (Å²) in [7, 11) is 1.62. The fourth-order valence-corrected chi connectivity index (χ4v) is 2.65. The average Bonchev–Trinajstić information content (AvgIpc) is 2.55. The van der Waals surface area contributed by atoms with Gasteiger partial charge in [0.1, 0.15) is 0 Å². The van der Waals surface area contributed by atoms with Crippen molar-refractivity contribution in [3.63, 3.8) is 0 Å². The van der Waals surface area contributed by atoms with Gasteiger partial charge in [0.25, 0.3) is 0 Å². The van der Waals surface area contributed by atoms with Crippen LogP contribution in [-0.2, 0) is 17.5 Å². The van der Waals surface area contributed by atoms with Gasteiger partial charge in [-0.1, -0.05) is 12.1 Å². The smallest absolute Gasteiger partial charge is 0.378 e. The Morgan fingerprint density at radius 1 is 1.29 bits per heavy atom. The Morgan fingerprint density at radius 3 is 2.58 bits per heavy atom. The molecule has 1 aromatic rings. The van der Waals surface area contributed by atoms with Gasteiger partial charge in [0, 0.05) is 26.7 Å². The quantitative estimate of drug-likeness (QED) is 0.883. The van der Waals surface area contributed by atoms with Gasteiger partial charge in [0.15, 0.2) is 0 Å². The lowest BCUT2D eigenvalue weighted by Gasteiger charge is -2.23. The third-order valence-corrected chi connectivity index (χ3v) is 4.06. The molecule has 0 unspecified atom stereocenters. The second kappa shape index (κ2) is 8.37. The fraction of sp³-hybridized carbons (Fsp3) is 0.588. The maximum atomic E-state index is 12.5. The van der Waals surface area contributed by atoms with Crippen LogP contribution in [0.5, 0.6) is 0 Å². The van der Waals surface area contributed by atoms with Crippen molar-refractivity contribution in [1.29, 1.82) is 0 Å².